The summed E-state index contributed by atoms with van der Waals surface area (Å²) in [6.07, 6.45) is 0.980. The maximum atomic E-state index is 13.0. The van der Waals surface area contributed by atoms with E-state index in [1.807, 2.05) is 48.5 Å². The minimum absolute atomic E-state index is 0.0998. The molecule has 0 unspecified atom stereocenters. The van der Waals surface area contributed by atoms with Crippen LogP contribution in [0.5, 0.6) is 11.5 Å². The van der Waals surface area contributed by atoms with Gasteiger partial charge in [-0.15, -0.1) is 0 Å². The average molecular weight is 392 g/mol. The third-order valence-electron chi connectivity index (χ3n) is 5.22. The van der Waals surface area contributed by atoms with Crippen molar-refractivity contribution in [3.8, 4) is 22.8 Å². The van der Waals surface area contributed by atoms with Crippen molar-refractivity contribution >= 4 is 16.8 Å². The van der Waals surface area contributed by atoms with Crippen LogP contribution in [0.2, 0.25) is 0 Å². The Kier molecular flexibility index (Phi) is 5.62. The van der Waals surface area contributed by atoms with Crippen LogP contribution in [0.15, 0.2) is 48.5 Å². The van der Waals surface area contributed by atoms with Crippen molar-refractivity contribution in [2.24, 2.45) is 5.92 Å². The third-order valence-corrected chi connectivity index (χ3v) is 5.22. The lowest BCUT2D eigenvalue weighted by Crippen LogP contribution is -2.29. The molecule has 1 atom stereocenters. The second kappa shape index (κ2) is 8.49. The summed E-state index contributed by atoms with van der Waals surface area (Å²) in [5.74, 6) is 1.54. The van der Waals surface area contributed by atoms with Gasteiger partial charge in [0.1, 0.15) is 0 Å². The number of para-hydroxylation sites is 1. The first kappa shape index (κ1) is 19.2. The Bertz CT molecular complexity index is 1030. The third kappa shape index (κ3) is 4.03. The van der Waals surface area contributed by atoms with Crippen LogP contribution < -0.4 is 14.8 Å². The molecule has 0 bridgehead atoms. The van der Waals surface area contributed by atoms with Gasteiger partial charge in [-0.25, -0.2) is 4.98 Å². The average Bonchev–Trinajstić information content (AvgIpc) is 3.30. The number of ether oxygens (including phenoxy) is 3. The van der Waals surface area contributed by atoms with Crippen LogP contribution in [0.3, 0.4) is 0 Å². The molecule has 6 nitrogen and oxygen atoms in total. The van der Waals surface area contributed by atoms with Crippen molar-refractivity contribution in [1.29, 1.82) is 0 Å². The normalized spacial score (nSPS) is 16.0. The van der Waals surface area contributed by atoms with Crippen LogP contribution in [0.25, 0.3) is 22.2 Å². The number of rotatable bonds is 6. The van der Waals surface area contributed by atoms with Crippen LogP contribution >= 0.6 is 0 Å². The molecule has 3 aromatic rings. The number of aromatic nitrogens is 1. The van der Waals surface area contributed by atoms with Crippen molar-refractivity contribution in [2.75, 3.05) is 34.0 Å². The SMILES string of the molecule is COc1ccc(-c2cc(C(=O)NC[C@H]3CCOC3)c3ccccc3n2)cc1OC. The fourth-order valence-corrected chi connectivity index (χ4v) is 3.58. The number of amides is 1. The molecule has 29 heavy (non-hydrogen) atoms. The second-order valence-corrected chi connectivity index (χ2v) is 7.08. The van der Waals surface area contributed by atoms with Gasteiger partial charge in [-0.1, -0.05) is 18.2 Å². The van der Waals surface area contributed by atoms with E-state index < -0.39 is 0 Å². The smallest absolute Gasteiger partial charge is 0.252 e. The predicted octanol–water partition coefficient (Wildman–Crippen LogP) is 3.69. The van der Waals surface area contributed by atoms with Crippen LogP contribution in [-0.4, -0.2) is 44.9 Å². The fourth-order valence-electron chi connectivity index (χ4n) is 3.58. The van der Waals surface area contributed by atoms with Crippen molar-refractivity contribution in [3.63, 3.8) is 0 Å². The molecule has 0 aliphatic carbocycles. The molecule has 1 aliphatic heterocycles. The summed E-state index contributed by atoms with van der Waals surface area (Å²) in [6, 6.07) is 15.1. The lowest BCUT2D eigenvalue weighted by Gasteiger charge is -2.13. The zero-order valence-corrected chi connectivity index (χ0v) is 16.6. The molecule has 0 spiro atoms. The maximum Gasteiger partial charge on any atom is 0.252 e. The van der Waals surface area contributed by atoms with Gasteiger partial charge in [0.25, 0.3) is 5.91 Å². The molecule has 1 amide bonds. The molecule has 1 saturated heterocycles. The summed E-state index contributed by atoms with van der Waals surface area (Å²) in [7, 11) is 3.20. The van der Waals surface area contributed by atoms with E-state index in [1.54, 1.807) is 14.2 Å². The van der Waals surface area contributed by atoms with E-state index in [-0.39, 0.29) is 5.91 Å². The Morgan fingerprint density at radius 3 is 2.72 bits per heavy atom. The number of hydrogen-bond acceptors (Lipinski definition) is 5. The monoisotopic (exact) mass is 392 g/mol. The Balaban J connectivity index is 1.71. The van der Waals surface area contributed by atoms with Gasteiger partial charge in [-0.2, -0.15) is 0 Å². The first-order chi connectivity index (χ1) is 14.2. The van der Waals surface area contributed by atoms with E-state index in [2.05, 4.69) is 5.32 Å². The Labute approximate surface area is 169 Å². The molecule has 1 fully saturated rings. The standard InChI is InChI=1S/C23H24N2O4/c1-27-21-8-7-16(11-22(21)28-2)20-12-18(17-5-3-4-6-19(17)25-20)23(26)24-13-15-9-10-29-14-15/h3-8,11-12,15H,9-10,13-14H2,1-2H3,(H,24,26)/t15-/m1/s1. The lowest BCUT2D eigenvalue weighted by atomic mass is 10.0. The molecule has 2 heterocycles. The number of carbonyl (C=O) groups is 1. The first-order valence-electron chi connectivity index (χ1n) is 9.67. The summed E-state index contributed by atoms with van der Waals surface area (Å²) in [4.78, 5) is 17.8. The van der Waals surface area contributed by atoms with Crippen LogP contribution in [0.4, 0.5) is 0 Å². The highest BCUT2D eigenvalue weighted by molar-refractivity contribution is 6.07. The number of benzene rings is 2. The van der Waals surface area contributed by atoms with E-state index in [4.69, 9.17) is 19.2 Å². The predicted molar refractivity (Wildman–Crippen MR) is 112 cm³/mol. The maximum absolute atomic E-state index is 13.0. The van der Waals surface area contributed by atoms with Gasteiger partial charge in [0.15, 0.2) is 11.5 Å². The number of pyridine rings is 1. The Morgan fingerprint density at radius 1 is 1.14 bits per heavy atom. The number of carbonyl (C=O) groups excluding carboxylic acids is 1. The van der Waals surface area contributed by atoms with Gasteiger partial charge in [-0.3, -0.25) is 4.79 Å². The zero-order valence-electron chi connectivity index (χ0n) is 16.6. The minimum Gasteiger partial charge on any atom is -0.493 e. The molecular formula is C23H24N2O4. The Hall–Kier alpha value is -3.12. The molecule has 4 rings (SSSR count). The largest absolute Gasteiger partial charge is 0.493 e. The molecule has 1 N–H and O–H groups in total. The number of nitrogens with zero attached hydrogens (tertiary/aromatic N) is 1. The zero-order chi connectivity index (χ0) is 20.2. The summed E-state index contributed by atoms with van der Waals surface area (Å²) >= 11 is 0. The fraction of sp³-hybridized carbons (Fsp3) is 0.304. The lowest BCUT2D eigenvalue weighted by molar-refractivity contribution is 0.0946. The number of nitrogens with one attached hydrogen (secondary N) is 1. The van der Waals surface area contributed by atoms with E-state index in [0.29, 0.717) is 41.8 Å². The number of hydrogen-bond donors (Lipinski definition) is 1. The van der Waals surface area contributed by atoms with Crippen LogP contribution in [0, 0.1) is 5.92 Å². The highest BCUT2D eigenvalue weighted by Crippen LogP contribution is 2.33. The molecular weight excluding hydrogens is 368 g/mol. The quantitative estimate of drug-likeness (QED) is 0.693. The van der Waals surface area contributed by atoms with Gasteiger partial charge >= 0.3 is 0 Å². The summed E-state index contributed by atoms with van der Waals surface area (Å²) in [5, 5.41) is 3.89. The highest BCUT2D eigenvalue weighted by atomic mass is 16.5. The van der Waals surface area contributed by atoms with Gasteiger partial charge in [0, 0.05) is 30.0 Å². The molecule has 150 valence electrons. The molecule has 2 aromatic carbocycles. The van der Waals surface area contributed by atoms with Crippen molar-refractivity contribution < 1.29 is 19.0 Å². The second-order valence-electron chi connectivity index (χ2n) is 7.08. The van der Waals surface area contributed by atoms with E-state index in [9.17, 15) is 4.79 Å². The van der Waals surface area contributed by atoms with Crippen LogP contribution in [-0.2, 0) is 4.74 Å². The van der Waals surface area contributed by atoms with E-state index in [1.165, 1.54) is 0 Å². The van der Waals surface area contributed by atoms with Gasteiger partial charge in [0.05, 0.1) is 37.6 Å². The summed E-state index contributed by atoms with van der Waals surface area (Å²) < 4.78 is 16.1. The molecule has 0 saturated carbocycles. The van der Waals surface area contributed by atoms with Crippen molar-refractivity contribution in [3.05, 3.63) is 54.1 Å². The van der Waals surface area contributed by atoms with Gasteiger partial charge in [0.2, 0.25) is 0 Å². The molecule has 0 radical (unpaired) electrons. The summed E-state index contributed by atoms with van der Waals surface area (Å²) in [5.41, 5.74) is 2.94. The molecule has 1 aliphatic rings. The minimum atomic E-state index is -0.0998. The van der Waals surface area contributed by atoms with E-state index >= 15 is 0 Å². The summed E-state index contributed by atoms with van der Waals surface area (Å²) in [6.45, 7) is 2.08. The molecule has 6 heteroatoms. The van der Waals surface area contributed by atoms with Crippen LogP contribution in [0.1, 0.15) is 16.8 Å². The highest BCUT2D eigenvalue weighted by Gasteiger charge is 2.19. The van der Waals surface area contributed by atoms with Crippen molar-refractivity contribution in [1.82, 2.24) is 10.3 Å². The van der Waals surface area contributed by atoms with Gasteiger partial charge < -0.3 is 19.5 Å². The molecule has 1 aromatic heterocycles. The number of methoxy groups -OCH3 is 2. The first-order valence-corrected chi connectivity index (χ1v) is 9.67. The topological polar surface area (TPSA) is 69.7 Å². The van der Waals surface area contributed by atoms with Gasteiger partial charge in [-0.05, 0) is 36.8 Å². The van der Waals surface area contributed by atoms with E-state index in [0.717, 1.165) is 29.5 Å². The van der Waals surface area contributed by atoms with Crippen molar-refractivity contribution in [2.45, 2.75) is 6.42 Å². The number of fused-ring (bicyclic) bond motifs is 1. The Morgan fingerprint density at radius 2 is 1.97 bits per heavy atom.